The molecule has 1 aromatic heterocycles. The van der Waals surface area contributed by atoms with Crippen LogP contribution >= 0.6 is 0 Å². The third-order valence-electron chi connectivity index (χ3n) is 5.15. The molecule has 1 amide bonds. The monoisotopic (exact) mass is 429 g/mol. The van der Waals surface area contributed by atoms with Gasteiger partial charge in [0.2, 0.25) is 0 Å². The van der Waals surface area contributed by atoms with Crippen LogP contribution in [0.15, 0.2) is 73.1 Å². The number of amides is 1. The van der Waals surface area contributed by atoms with Crippen LogP contribution in [0.1, 0.15) is 11.7 Å². The minimum Gasteiger partial charge on any atom is -0.493 e. The molecule has 3 aromatic carbocycles. The Labute approximate surface area is 186 Å². The molecule has 1 unspecified atom stereocenters. The fourth-order valence-corrected chi connectivity index (χ4v) is 3.57. The van der Waals surface area contributed by atoms with E-state index >= 15 is 0 Å². The van der Waals surface area contributed by atoms with Gasteiger partial charge in [0, 0.05) is 25.1 Å². The largest absolute Gasteiger partial charge is 0.493 e. The van der Waals surface area contributed by atoms with Gasteiger partial charge in [0.15, 0.2) is 23.4 Å². The summed E-state index contributed by atoms with van der Waals surface area (Å²) in [6, 6.07) is 19.2. The number of carbonyl (C=O) groups is 1. The summed E-state index contributed by atoms with van der Waals surface area (Å²) in [5.74, 6) is 1.14. The third-order valence-corrected chi connectivity index (χ3v) is 5.15. The lowest BCUT2D eigenvalue weighted by atomic mass is 10.0. The number of nitrogens with zero attached hydrogens (tertiary/aromatic N) is 2. The highest BCUT2D eigenvalue weighted by Gasteiger charge is 2.23. The number of anilines is 1. The van der Waals surface area contributed by atoms with Crippen LogP contribution in [0, 0.1) is 0 Å². The first-order chi connectivity index (χ1) is 15.6. The van der Waals surface area contributed by atoms with Gasteiger partial charge in [-0.3, -0.25) is 9.78 Å². The number of methoxy groups -OCH3 is 3. The topological polar surface area (TPSA) is 82.6 Å². The zero-order valence-corrected chi connectivity index (χ0v) is 18.0. The number of benzene rings is 3. The van der Waals surface area contributed by atoms with Crippen molar-refractivity contribution < 1.29 is 19.0 Å². The van der Waals surface area contributed by atoms with Crippen LogP contribution in [0.25, 0.3) is 22.0 Å². The molecular weight excluding hydrogens is 406 g/mol. The average Bonchev–Trinajstić information content (AvgIpc) is 2.84. The predicted octanol–water partition coefficient (Wildman–Crippen LogP) is 4.64. The fourth-order valence-electron chi connectivity index (χ4n) is 3.57. The van der Waals surface area contributed by atoms with Crippen LogP contribution in [0.4, 0.5) is 5.82 Å². The van der Waals surface area contributed by atoms with Crippen LogP contribution in [0.3, 0.4) is 0 Å². The van der Waals surface area contributed by atoms with Crippen molar-refractivity contribution in [3.8, 4) is 22.8 Å². The lowest BCUT2D eigenvalue weighted by Crippen LogP contribution is -2.23. The van der Waals surface area contributed by atoms with Gasteiger partial charge in [-0.25, -0.2) is 4.98 Å². The molecule has 0 fully saturated rings. The van der Waals surface area contributed by atoms with Gasteiger partial charge < -0.3 is 19.5 Å². The Morgan fingerprint density at radius 1 is 0.844 bits per heavy atom. The van der Waals surface area contributed by atoms with E-state index in [2.05, 4.69) is 15.3 Å². The number of hydrogen-bond donors (Lipinski definition) is 1. The Balaban J connectivity index is 1.64. The molecule has 7 heteroatoms. The minimum atomic E-state index is -0.806. The molecule has 4 rings (SSSR count). The van der Waals surface area contributed by atoms with Gasteiger partial charge >= 0.3 is 0 Å². The van der Waals surface area contributed by atoms with Crippen LogP contribution in [-0.2, 0) is 9.53 Å². The van der Waals surface area contributed by atoms with Crippen LogP contribution in [0.2, 0.25) is 0 Å². The molecule has 32 heavy (non-hydrogen) atoms. The number of aromatic nitrogens is 2. The maximum atomic E-state index is 13.1. The van der Waals surface area contributed by atoms with Crippen molar-refractivity contribution in [2.45, 2.75) is 6.10 Å². The third kappa shape index (κ3) is 4.24. The Kier molecular flexibility index (Phi) is 6.28. The smallest absolute Gasteiger partial charge is 0.259 e. The van der Waals surface area contributed by atoms with Crippen molar-refractivity contribution >= 4 is 22.5 Å². The number of hydrogen-bond acceptors (Lipinski definition) is 6. The van der Waals surface area contributed by atoms with Gasteiger partial charge in [-0.05, 0) is 40.6 Å². The second-order valence-corrected chi connectivity index (χ2v) is 7.03. The van der Waals surface area contributed by atoms with Gasteiger partial charge in [0.1, 0.15) is 5.69 Å². The van der Waals surface area contributed by atoms with Crippen molar-refractivity contribution in [2.24, 2.45) is 0 Å². The van der Waals surface area contributed by atoms with Crippen LogP contribution < -0.4 is 14.8 Å². The molecule has 0 spiro atoms. The molecule has 1 N–H and O–H groups in total. The van der Waals surface area contributed by atoms with E-state index < -0.39 is 6.10 Å². The number of carbonyl (C=O) groups excluding carboxylic acids is 1. The molecule has 0 aliphatic carbocycles. The zero-order chi connectivity index (χ0) is 22.5. The second-order valence-electron chi connectivity index (χ2n) is 7.03. The number of nitrogens with one attached hydrogen (secondary N) is 1. The summed E-state index contributed by atoms with van der Waals surface area (Å²) in [5, 5.41) is 4.99. The zero-order valence-electron chi connectivity index (χ0n) is 18.0. The lowest BCUT2D eigenvalue weighted by molar-refractivity contribution is -0.126. The predicted molar refractivity (Wildman–Crippen MR) is 123 cm³/mol. The molecule has 1 heterocycles. The molecule has 0 bridgehead atoms. The minimum absolute atomic E-state index is 0.326. The summed E-state index contributed by atoms with van der Waals surface area (Å²) in [6.45, 7) is 0. The van der Waals surface area contributed by atoms with Gasteiger partial charge in [0.05, 0.1) is 14.2 Å². The van der Waals surface area contributed by atoms with Crippen molar-refractivity contribution in [3.05, 3.63) is 78.6 Å². The van der Waals surface area contributed by atoms with Crippen molar-refractivity contribution in [1.82, 2.24) is 9.97 Å². The number of rotatable bonds is 7. The van der Waals surface area contributed by atoms with E-state index in [0.29, 0.717) is 23.0 Å². The molecule has 4 aromatic rings. The SMILES string of the molecule is COc1ccc(-c2nccnc2NC(=O)C(OC)c2ccc3ccccc3c2)cc1OC. The van der Waals surface area contributed by atoms with E-state index in [1.54, 1.807) is 32.5 Å². The van der Waals surface area contributed by atoms with E-state index in [1.807, 2.05) is 48.5 Å². The molecule has 0 aliphatic heterocycles. The van der Waals surface area contributed by atoms with E-state index in [4.69, 9.17) is 14.2 Å². The summed E-state index contributed by atoms with van der Waals surface area (Å²) in [5.41, 5.74) is 1.99. The normalized spacial score (nSPS) is 11.7. The first-order valence-corrected chi connectivity index (χ1v) is 10.0. The van der Waals surface area contributed by atoms with Gasteiger partial charge in [-0.15, -0.1) is 0 Å². The van der Waals surface area contributed by atoms with Crippen molar-refractivity contribution in [3.63, 3.8) is 0 Å². The molecule has 0 aliphatic rings. The summed E-state index contributed by atoms with van der Waals surface area (Å²) in [6.07, 6.45) is 2.29. The maximum Gasteiger partial charge on any atom is 0.259 e. The van der Waals surface area contributed by atoms with E-state index in [9.17, 15) is 4.79 Å². The Hall–Kier alpha value is -3.97. The standard InChI is InChI=1S/C25H23N3O4/c1-30-20-11-10-18(15-21(20)31-2)22-24(27-13-12-26-22)28-25(29)23(32-3)19-9-8-16-6-4-5-7-17(16)14-19/h4-15,23H,1-3H3,(H,27,28,29). The number of ether oxygens (including phenoxy) is 3. The van der Waals surface area contributed by atoms with Crippen molar-refractivity contribution in [2.75, 3.05) is 26.6 Å². The molecule has 7 nitrogen and oxygen atoms in total. The van der Waals surface area contributed by atoms with Gasteiger partial charge in [0.25, 0.3) is 5.91 Å². The average molecular weight is 429 g/mol. The Morgan fingerprint density at radius 3 is 2.34 bits per heavy atom. The van der Waals surface area contributed by atoms with Crippen LogP contribution in [0.5, 0.6) is 11.5 Å². The molecule has 0 saturated carbocycles. The quantitative estimate of drug-likeness (QED) is 0.461. The molecule has 0 radical (unpaired) electrons. The second kappa shape index (κ2) is 9.45. The Morgan fingerprint density at radius 2 is 1.59 bits per heavy atom. The summed E-state index contributed by atoms with van der Waals surface area (Å²) in [4.78, 5) is 21.9. The Bertz CT molecular complexity index is 1260. The van der Waals surface area contributed by atoms with Gasteiger partial charge in [-0.1, -0.05) is 36.4 Å². The van der Waals surface area contributed by atoms with E-state index in [0.717, 1.165) is 21.9 Å². The first kappa shape index (κ1) is 21.3. The summed E-state index contributed by atoms with van der Waals surface area (Å²) >= 11 is 0. The highest BCUT2D eigenvalue weighted by atomic mass is 16.5. The first-order valence-electron chi connectivity index (χ1n) is 10.0. The van der Waals surface area contributed by atoms with E-state index in [-0.39, 0.29) is 5.91 Å². The van der Waals surface area contributed by atoms with Crippen LogP contribution in [-0.4, -0.2) is 37.2 Å². The van der Waals surface area contributed by atoms with Gasteiger partial charge in [-0.2, -0.15) is 0 Å². The molecule has 0 saturated heterocycles. The summed E-state index contributed by atoms with van der Waals surface area (Å²) < 4.78 is 16.2. The lowest BCUT2D eigenvalue weighted by Gasteiger charge is -2.17. The van der Waals surface area contributed by atoms with E-state index in [1.165, 1.54) is 13.3 Å². The highest BCUT2D eigenvalue weighted by Crippen LogP contribution is 2.34. The molecular formula is C25H23N3O4. The molecule has 162 valence electrons. The maximum absolute atomic E-state index is 13.1. The highest BCUT2D eigenvalue weighted by molar-refractivity contribution is 5.97. The number of fused-ring (bicyclic) bond motifs is 1. The van der Waals surface area contributed by atoms with Crippen molar-refractivity contribution in [1.29, 1.82) is 0 Å². The molecule has 1 atom stereocenters. The summed E-state index contributed by atoms with van der Waals surface area (Å²) in [7, 11) is 4.64. The fraction of sp³-hybridized carbons (Fsp3) is 0.160.